The normalized spacial score (nSPS) is 19.7. The molecule has 0 aliphatic carbocycles. The minimum atomic E-state index is -1.85. The topological polar surface area (TPSA) is 97.3 Å². The van der Waals surface area contributed by atoms with Gasteiger partial charge in [-0.3, -0.25) is 4.79 Å². The first-order valence-corrected chi connectivity index (χ1v) is 10.6. The van der Waals surface area contributed by atoms with E-state index < -0.39 is 38.9 Å². The van der Waals surface area contributed by atoms with Crippen LogP contribution in [0.5, 0.6) is 0 Å². The molecular formula is C13H16O5S3-2. The van der Waals surface area contributed by atoms with Crippen LogP contribution in [-0.2, 0) is 14.4 Å². The minimum absolute atomic E-state index is 0.451. The molecule has 118 valence electrons. The Morgan fingerprint density at radius 1 is 0.952 bits per heavy atom. The van der Waals surface area contributed by atoms with Gasteiger partial charge in [0.15, 0.2) is 5.78 Å². The van der Waals surface area contributed by atoms with E-state index in [0.29, 0.717) is 20.0 Å². The first-order chi connectivity index (χ1) is 9.82. The first kappa shape index (κ1) is 18.2. The van der Waals surface area contributed by atoms with E-state index in [4.69, 9.17) is 0 Å². The molecule has 1 aliphatic heterocycles. The van der Waals surface area contributed by atoms with Gasteiger partial charge >= 0.3 is 0 Å². The lowest BCUT2D eigenvalue weighted by atomic mass is 10.1. The number of rotatable bonds is 6. The van der Waals surface area contributed by atoms with Gasteiger partial charge in [0.25, 0.3) is 0 Å². The number of thioether (sulfide) groups is 2. The van der Waals surface area contributed by atoms with Crippen molar-refractivity contribution in [1.82, 2.24) is 0 Å². The molecule has 0 saturated heterocycles. The van der Waals surface area contributed by atoms with E-state index in [-0.39, 0.29) is 0 Å². The Morgan fingerprint density at radius 2 is 1.29 bits per heavy atom. The molecule has 21 heavy (non-hydrogen) atoms. The fourth-order valence-corrected chi connectivity index (χ4v) is 10.5. The van der Waals surface area contributed by atoms with E-state index in [1.807, 2.05) is 13.8 Å². The molecule has 1 heterocycles. The lowest BCUT2D eigenvalue weighted by molar-refractivity contribution is -0.298. The van der Waals surface area contributed by atoms with Crippen molar-refractivity contribution < 1.29 is 24.6 Å². The predicted octanol–water partition coefficient (Wildman–Crippen LogP) is 0.0625. The molecule has 0 amide bonds. The molecule has 0 N–H and O–H groups in total. The molecule has 0 aromatic rings. The molecule has 0 fully saturated rings. The van der Waals surface area contributed by atoms with Crippen molar-refractivity contribution >= 4 is 51.3 Å². The summed E-state index contributed by atoms with van der Waals surface area (Å²) in [4.78, 5) is 35.1. The maximum atomic E-state index is 12.3. The second-order valence-electron chi connectivity index (χ2n) is 4.10. The molecule has 0 bridgehead atoms. The Labute approximate surface area is 133 Å². The monoisotopic (exact) mass is 348 g/mol. The highest BCUT2D eigenvalue weighted by molar-refractivity contribution is 8.52. The molecule has 0 atom stereocenters. The maximum Gasteiger partial charge on any atom is 0.199 e. The number of hydrogen-bond acceptors (Lipinski definition) is 7. The SMILES string of the molecule is CCS1(CC)C(SC)=C(C(=O)[O-])C(=O)C(C(=O)[O-])=C1SC. The summed E-state index contributed by atoms with van der Waals surface area (Å²) >= 11 is 2.38. The number of carboxylic acid groups (broad SMARTS) is 2. The van der Waals surface area contributed by atoms with Crippen LogP contribution in [0.4, 0.5) is 0 Å². The van der Waals surface area contributed by atoms with Gasteiger partial charge in [0.1, 0.15) is 0 Å². The Kier molecular flexibility index (Phi) is 6.01. The van der Waals surface area contributed by atoms with Crippen LogP contribution in [0.15, 0.2) is 19.6 Å². The van der Waals surface area contributed by atoms with E-state index in [2.05, 4.69) is 0 Å². The van der Waals surface area contributed by atoms with Gasteiger partial charge in [-0.25, -0.2) is 0 Å². The summed E-state index contributed by atoms with van der Waals surface area (Å²) < 4.78 is 0.902. The summed E-state index contributed by atoms with van der Waals surface area (Å²) in [6.07, 6.45) is 3.39. The molecule has 5 nitrogen and oxygen atoms in total. The van der Waals surface area contributed by atoms with Crippen molar-refractivity contribution in [1.29, 1.82) is 0 Å². The van der Waals surface area contributed by atoms with Crippen LogP contribution < -0.4 is 10.2 Å². The highest BCUT2D eigenvalue weighted by atomic mass is 32.3. The van der Waals surface area contributed by atoms with Gasteiger partial charge in [0.05, 0.1) is 23.1 Å². The number of aliphatic carboxylic acids is 2. The summed E-state index contributed by atoms with van der Waals surface area (Å²) in [7, 11) is -1.85. The standard InChI is InChI=1S/C13H18O5S3/c1-5-21(6-2)12(19-3)7(10(15)16)9(14)8(11(17)18)13(21)20-4/h5-6H2,1-4H3,(H,15,16)(H,17,18)/p-2. The number of carboxylic acids is 2. The zero-order chi connectivity index (χ0) is 16.4. The molecule has 0 radical (unpaired) electrons. The van der Waals surface area contributed by atoms with Gasteiger partial charge in [-0.2, -0.15) is 10.0 Å². The molecule has 1 aliphatic rings. The van der Waals surface area contributed by atoms with Crippen molar-refractivity contribution in [3.8, 4) is 0 Å². The van der Waals surface area contributed by atoms with Gasteiger partial charge in [0.2, 0.25) is 0 Å². The summed E-state index contributed by atoms with van der Waals surface area (Å²) in [6, 6.07) is 0. The molecule has 0 unspecified atom stereocenters. The second kappa shape index (κ2) is 6.93. The Bertz CT molecular complexity index is 514. The highest BCUT2D eigenvalue weighted by Crippen LogP contribution is 2.70. The zero-order valence-corrected chi connectivity index (χ0v) is 14.6. The van der Waals surface area contributed by atoms with Crippen molar-refractivity contribution in [2.24, 2.45) is 0 Å². The molecule has 1 rings (SSSR count). The van der Waals surface area contributed by atoms with Crippen molar-refractivity contribution in [3.63, 3.8) is 0 Å². The van der Waals surface area contributed by atoms with Crippen LogP contribution in [-0.4, -0.2) is 41.7 Å². The fraction of sp³-hybridized carbons (Fsp3) is 0.462. The second-order valence-corrected chi connectivity index (χ2v) is 9.99. The summed E-state index contributed by atoms with van der Waals surface area (Å²) in [5.41, 5.74) is -1.03. The lowest BCUT2D eigenvalue weighted by Crippen LogP contribution is -2.39. The third-order valence-corrected chi connectivity index (χ3v) is 11.2. The van der Waals surface area contributed by atoms with E-state index in [9.17, 15) is 24.6 Å². The first-order valence-electron chi connectivity index (χ1n) is 6.15. The fourth-order valence-electron chi connectivity index (χ4n) is 2.39. The summed E-state index contributed by atoms with van der Waals surface area (Å²) in [6.45, 7) is 3.75. The average molecular weight is 348 g/mol. The third-order valence-electron chi connectivity index (χ3n) is 3.34. The van der Waals surface area contributed by atoms with Gasteiger partial charge < -0.3 is 19.8 Å². The quantitative estimate of drug-likeness (QED) is 0.626. The van der Waals surface area contributed by atoms with Crippen molar-refractivity contribution in [2.45, 2.75) is 13.8 Å². The summed E-state index contributed by atoms with van der Waals surface area (Å²) in [5.74, 6) is -3.12. The Hall–Kier alpha value is -0.860. The molecule has 0 saturated carbocycles. The van der Waals surface area contributed by atoms with E-state index in [1.54, 1.807) is 12.5 Å². The zero-order valence-electron chi connectivity index (χ0n) is 12.2. The number of ketones is 1. The number of Topliss-reactive ketones (excluding diaryl/α,β-unsaturated/α-hetero) is 1. The van der Waals surface area contributed by atoms with Gasteiger partial charge in [-0.05, 0) is 24.0 Å². The van der Waals surface area contributed by atoms with Crippen LogP contribution >= 0.6 is 33.6 Å². The van der Waals surface area contributed by atoms with E-state index in [1.165, 1.54) is 23.5 Å². The van der Waals surface area contributed by atoms with Crippen LogP contribution in [0.1, 0.15) is 13.8 Å². The maximum absolute atomic E-state index is 12.3. The molecule has 0 aromatic heterocycles. The minimum Gasteiger partial charge on any atom is -0.545 e. The Morgan fingerprint density at radius 3 is 1.48 bits per heavy atom. The highest BCUT2D eigenvalue weighted by Gasteiger charge is 2.41. The Balaban J connectivity index is 3.86. The molecular weight excluding hydrogens is 332 g/mol. The van der Waals surface area contributed by atoms with Crippen LogP contribution in [0.3, 0.4) is 0 Å². The predicted molar refractivity (Wildman–Crippen MR) is 84.8 cm³/mol. The number of hydrogen-bond donors (Lipinski definition) is 0. The molecule has 0 aromatic carbocycles. The third kappa shape index (κ3) is 2.76. The van der Waals surface area contributed by atoms with Gasteiger partial charge in [-0.1, -0.05) is 13.8 Å². The number of carbonyl (C=O) groups is 3. The number of carbonyl (C=O) groups excluding carboxylic acids is 3. The largest absolute Gasteiger partial charge is 0.545 e. The smallest absolute Gasteiger partial charge is 0.199 e. The van der Waals surface area contributed by atoms with Crippen LogP contribution in [0.2, 0.25) is 0 Å². The lowest BCUT2D eigenvalue weighted by Gasteiger charge is -2.46. The molecule has 0 spiro atoms. The van der Waals surface area contributed by atoms with Crippen LogP contribution in [0.25, 0.3) is 0 Å². The van der Waals surface area contributed by atoms with Crippen LogP contribution in [0, 0.1) is 0 Å². The summed E-state index contributed by atoms with van der Waals surface area (Å²) in [5, 5.41) is 22.8. The van der Waals surface area contributed by atoms with Gasteiger partial charge in [0, 0.05) is 8.47 Å². The molecule has 8 heteroatoms. The average Bonchev–Trinajstić information content (AvgIpc) is 2.44. The van der Waals surface area contributed by atoms with Crippen molar-refractivity contribution in [2.75, 3.05) is 24.0 Å². The van der Waals surface area contributed by atoms with Crippen molar-refractivity contribution in [3.05, 3.63) is 19.6 Å². The van der Waals surface area contributed by atoms with E-state index >= 15 is 0 Å². The van der Waals surface area contributed by atoms with E-state index in [0.717, 1.165) is 0 Å². The van der Waals surface area contributed by atoms with Gasteiger partial charge in [-0.15, -0.1) is 23.5 Å².